The summed E-state index contributed by atoms with van der Waals surface area (Å²) in [6.07, 6.45) is 2.74. The summed E-state index contributed by atoms with van der Waals surface area (Å²) in [6.45, 7) is 8.51. The molecule has 19 heavy (non-hydrogen) atoms. The number of hydrogen-bond acceptors (Lipinski definition) is 3. The number of nitrogens with one attached hydrogen (secondary N) is 1. The molecule has 104 valence electrons. The van der Waals surface area contributed by atoms with Gasteiger partial charge in [-0.2, -0.15) is 0 Å². The van der Waals surface area contributed by atoms with Crippen molar-refractivity contribution in [3.05, 3.63) is 30.3 Å². The zero-order valence-corrected chi connectivity index (χ0v) is 11.7. The van der Waals surface area contributed by atoms with Crippen molar-refractivity contribution in [2.75, 3.05) is 50.7 Å². The third-order valence-electron chi connectivity index (χ3n) is 4.37. The van der Waals surface area contributed by atoms with Gasteiger partial charge >= 0.3 is 0 Å². The molecule has 2 aliphatic heterocycles. The van der Waals surface area contributed by atoms with E-state index in [9.17, 15) is 0 Å². The first-order valence-corrected chi connectivity index (χ1v) is 7.65. The minimum atomic E-state index is 0.840. The maximum Gasteiger partial charge on any atom is 0.0366 e. The molecule has 2 heterocycles. The summed E-state index contributed by atoms with van der Waals surface area (Å²) >= 11 is 0. The Bertz CT molecular complexity index is 373. The van der Waals surface area contributed by atoms with Crippen LogP contribution >= 0.6 is 0 Å². The Hall–Kier alpha value is -1.06. The van der Waals surface area contributed by atoms with E-state index in [-0.39, 0.29) is 0 Å². The number of piperidine rings is 1. The van der Waals surface area contributed by atoms with E-state index in [1.807, 2.05) is 0 Å². The fourth-order valence-electron chi connectivity index (χ4n) is 3.35. The fraction of sp³-hybridized carbons (Fsp3) is 0.625. The predicted octanol–water partition coefficient (Wildman–Crippen LogP) is 1.81. The molecule has 3 heteroatoms. The van der Waals surface area contributed by atoms with Crippen molar-refractivity contribution in [2.24, 2.45) is 5.92 Å². The predicted molar refractivity (Wildman–Crippen MR) is 80.7 cm³/mol. The van der Waals surface area contributed by atoms with Crippen LogP contribution in [-0.4, -0.2) is 50.7 Å². The van der Waals surface area contributed by atoms with E-state index in [1.54, 1.807) is 0 Å². The van der Waals surface area contributed by atoms with Crippen LogP contribution in [0.4, 0.5) is 5.69 Å². The summed E-state index contributed by atoms with van der Waals surface area (Å²) in [5, 5.41) is 3.43. The molecule has 0 saturated carbocycles. The summed E-state index contributed by atoms with van der Waals surface area (Å²) in [4.78, 5) is 5.20. The van der Waals surface area contributed by atoms with Crippen LogP contribution < -0.4 is 10.2 Å². The lowest BCUT2D eigenvalue weighted by Crippen LogP contribution is -2.48. The van der Waals surface area contributed by atoms with E-state index >= 15 is 0 Å². The Morgan fingerprint density at radius 3 is 2.63 bits per heavy atom. The number of para-hydroxylation sites is 1. The lowest BCUT2D eigenvalue weighted by atomic mass is 9.96. The highest BCUT2D eigenvalue weighted by Gasteiger charge is 2.22. The van der Waals surface area contributed by atoms with Gasteiger partial charge in [-0.15, -0.1) is 0 Å². The van der Waals surface area contributed by atoms with Gasteiger partial charge in [0.15, 0.2) is 0 Å². The van der Waals surface area contributed by atoms with E-state index in [4.69, 9.17) is 0 Å². The molecule has 3 nitrogen and oxygen atoms in total. The minimum absolute atomic E-state index is 0.840. The smallest absolute Gasteiger partial charge is 0.0366 e. The van der Waals surface area contributed by atoms with Gasteiger partial charge in [-0.3, -0.25) is 0 Å². The maximum atomic E-state index is 3.43. The molecule has 1 N–H and O–H groups in total. The molecule has 3 rings (SSSR count). The van der Waals surface area contributed by atoms with Crippen molar-refractivity contribution in [3.63, 3.8) is 0 Å². The average molecular weight is 259 g/mol. The van der Waals surface area contributed by atoms with Crippen LogP contribution in [0.25, 0.3) is 0 Å². The molecule has 1 atom stereocenters. The van der Waals surface area contributed by atoms with Crippen molar-refractivity contribution < 1.29 is 0 Å². The molecule has 0 bridgehead atoms. The van der Waals surface area contributed by atoms with Crippen LogP contribution in [0.1, 0.15) is 12.8 Å². The van der Waals surface area contributed by atoms with E-state index in [0.717, 1.165) is 19.0 Å². The lowest BCUT2D eigenvalue weighted by Gasteiger charge is -2.38. The second-order valence-corrected chi connectivity index (χ2v) is 5.84. The van der Waals surface area contributed by atoms with Crippen molar-refractivity contribution in [1.82, 2.24) is 10.2 Å². The molecule has 0 unspecified atom stereocenters. The molecule has 0 amide bonds. The van der Waals surface area contributed by atoms with E-state index in [1.165, 1.54) is 51.3 Å². The number of benzene rings is 1. The molecule has 2 fully saturated rings. The van der Waals surface area contributed by atoms with Crippen LogP contribution in [0, 0.1) is 5.92 Å². The molecule has 0 radical (unpaired) electrons. The Balaban J connectivity index is 1.55. The van der Waals surface area contributed by atoms with Crippen LogP contribution in [0.5, 0.6) is 0 Å². The number of rotatable bonds is 3. The molecule has 2 aliphatic rings. The molecule has 1 aromatic rings. The van der Waals surface area contributed by atoms with Gasteiger partial charge in [0.05, 0.1) is 0 Å². The first kappa shape index (κ1) is 12.9. The number of piperazine rings is 1. The quantitative estimate of drug-likeness (QED) is 0.893. The summed E-state index contributed by atoms with van der Waals surface area (Å²) < 4.78 is 0. The van der Waals surface area contributed by atoms with Gasteiger partial charge in [0.25, 0.3) is 0 Å². The van der Waals surface area contributed by atoms with Crippen molar-refractivity contribution >= 4 is 5.69 Å². The highest BCUT2D eigenvalue weighted by atomic mass is 15.2. The van der Waals surface area contributed by atoms with Gasteiger partial charge < -0.3 is 15.1 Å². The van der Waals surface area contributed by atoms with Gasteiger partial charge in [-0.05, 0) is 30.9 Å². The molecule has 0 spiro atoms. The summed E-state index contributed by atoms with van der Waals surface area (Å²) in [5.74, 6) is 0.840. The van der Waals surface area contributed by atoms with Crippen molar-refractivity contribution in [1.29, 1.82) is 0 Å². The minimum Gasteiger partial charge on any atom is -0.371 e. The Kier molecular flexibility index (Phi) is 4.36. The normalized spacial score (nSPS) is 25.5. The van der Waals surface area contributed by atoms with E-state index in [2.05, 4.69) is 45.4 Å². The van der Waals surface area contributed by atoms with Gasteiger partial charge in [0, 0.05) is 51.5 Å². The van der Waals surface area contributed by atoms with Gasteiger partial charge in [-0.25, -0.2) is 0 Å². The van der Waals surface area contributed by atoms with E-state index < -0.39 is 0 Å². The Morgan fingerprint density at radius 2 is 1.84 bits per heavy atom. The number of hydrogen-bond donors (Lipinski definition) is 1. The maximum absolute atomic E-state index is 3.43. The Labute approximate surface area is 116 Å². The number of anilines is 1. The molecular formula is C16H25N3. The van der Waals surface area contributed by atoms with Crippen molar-refractivity contribution in [2.45, 2.75) is 12.8 Å². The number of nitrogens with zero attached hydrogens (tertiary/aromatic N) is 2. The second kappa shape index (κ2) is 6.40. The molecule has 1 aromatic carbocycles. The van der Waals surface area contributed by atoms with E-state index in [0.29, 0.717) is 0 Å². The average Bonchev–Trinajstić information content (AvgIpc) is 2.49. The largest absolute Gasteiger partial charge is 0.371 e. The first-order chi connectivity index (χ1) is 9.42. The Morgan fingerprint density at radius 1 is 1.05 bits per heavy atom. The second-order valence-electron chi connectivity index (χ2n) is 5.84. The van der Waals surface area contributed by atoms with Crippen LogP contribution in [0.15, 0.2) is 30.3 Å². The van der Waals surface area contributed by atoms with Crippen LogP contribution in [0.3, 0.4) is 0 Å². The van der Waals surface area contributed by atoms with Gasteiger partial charge in [0.2, 0.25) is 0 Å². The van der Waals surface area contributed by atoms with Gasteiger partial charge in [0.1, 0.15) is 0 Å². The zero-order valence-electron chi connectivity index (χ0n) is 11.7. The van der Waals surface area contributed by atoms with Gasteiger partial charge in [-0.1, -0.05) is 18.2 Å². The van der Waals surface area contributed by atoms with Crippen LogP contribution in [-0.2, 0) is 0 Å². The lowest BCUT2D eigenvalue weighted by molar-refractivity contribution is 0.194. The molecular weight excluding hydrogens is 234 g/mol. The summed E-state index contributed by atoms with van der Waals surface area (Å²) in [7, 11) is 0. The fourth-order valence-corrected chi connectivity index (χ4v) is 3.35. The third-order valence-corrected chi connectivity index (χ3v) is 4.37. The third kappa shape index (κ3) is 3.48. The van der Waals surface area contributed by atoms with Crippen LogP contribution in [0.2, 0.25) is 0 Å². The summed E-state index contributed by atoms with van der Waals surface area (Å²) in [6, 6.07) is 10.9. The SMILES string of the molecule is c1ccc(N2CCC[C@@H](CN3CCNCC3)C2)cc1. The molecule has 2 saturated heterocycles. The monoisotopic (exact) mass is 259 g/mol. The topological polar surface area (TPSA) is 18.5 Å². The highest BCUT2D eigenvalue weighted by molar-refractivity contribution is 5.46. The first-order valence-electron chi connectivity index (χ1n) is 7.65. The molecule has 0 aliphatic carbocycles. The highest BCUT2D eigenvalue weighted by Crippen LogP contribution is 2.23. The summed E-state index contributed by atoms with van der Waals surface area (Å²) in [5.41, 5.74) is 1.40. The standard InChI is InChI=1S/C16H25N3/c1-2-6-16(7-3-1)19-10-4-5-15(14-19)13-18-11-8-17-9-12-18/h1-3,6-7,15,17H,4-5,8-14H2/t15-/m0/s1. The zero-order chi connectivity index (χ0) is 12.9. The molecule has 0 aromatic heterocycles. The van der Waals surface area contributed by atoms with Crippen molar-refractivity contribution in [3.8, 4) is 0 Å².